The first kappa shape index (κ1) is 14.5. The van der Waals surface area contributed by atoms with Gasteiger partial charge in [0.2, 0.25) is 0 Å². The first-order chi connectivity index (χ1) is 10.1. The van der Waals surface area contributed by atoms with Gasteiger partial charge in [-0.15, -0.1) is 11.3 Å². The number of esters is 1. The molecule has 2 atom stereocenters. The Morgan fingerprint density at radius 1 is 1.57 bits per heavy atom. The molecule has 0 saturated heterocycles. The molecule has 1 aliphatic heterocycles. The van der Waals surface area contributed by atoms with Crippen molar-refractivity contribution in [3.05, 3.63) is 22.5 Å². The van der Waals surface area contributed by atoms with Crippen LogP contribution in [0.4, 0.5) is 0 Å². The predicted molar refractivity (Wildman–Crippen MR) is 80.7 cm³/mol. The first-order valence-electron chi connectivity index (χ1n) is 7.30. The molecule has 3 heterocycles. The molecule has 0 radical (unpaired) electrons. The largest absolute Gasteiger partial charge is 0.469 e. The molecule has 6 heteroatoms. The summed E-state index contributed by atoms with van der Waals surface area (Å²) in [6.45, 7) is 4.17. The average molecular weight is 308 g/mol. The highest BCUT2D eigenvalue weighted by atomic mass is 32.1. The molecule has 5 nitrogen and oxygen atoms in total. The van der Waals surface area contributed by atoms with Crippen LogP contribution in [0.25, 0.3) is 4.96 Å². The van der Waals surface area contributed by atoms with Crippen molar-refractivity contribution in [3.8, 4) is 0 Å². The molecule has 0 aromatic carbocycles. The lowest BCUT2D eigenvalue weighted by molar-refractivity contribution is -0.140. The fourth-order valence-corrected chi connectivity index (χ4v) is 3.92. The summed E-state index contributed by atoms with van der Waals surface area (Å²) in [5, 5.41) is 2.13. The van der Waals surface area contributed by atoms with Crippen molar-refractivity contribution in [1.82, 2.24) is 9.38 Å². The summed E-state index contributed by atoms with van der Waals surface area (Å²) in [7, 11) is 1.43. The lowest BCUT2D eigenvalue weighted by Gasteiger charge is -2.25. The molecule has 21 heavy (non-hydrogen) atoms. The zero-order chi connectivity index (χ0) is 15.0. The fraction of sp³-hybridized carbons (Fsp3) is 0.600. The molecule has 0 spiro atoms. The van der Waals surface area contributed by atoms with Gasteiger partial charge in [-0.3, -0.25) is 9.20 Å². The van der Waals surface area contributed by atoms with E-state index in [4.69, 9.17) is 9.72 Å². The predicted octanol–water partition coefficient (Wildman–Crippen LogP) is 2.91. The number of hydrogen-bond acceptors (Lipinski definition) is 5. The number of aromatic nitrogens is 2. The standard InChI is InChI=1S/C15H20N2O3S/c1-9-7-12-14(10(2)20-9)17-11(8-21-15(17)16-12)5-4-6-13(18)19-3/h8-10H,4-7H2,1-3H3. The SMILES string of the molecule is COC(=O)CCCc1csc2nc3c(n12)C(C)OC(C)C3. The quantitative estimate of drug-likeness (QED) is 0.815. The van der Waals surface area contributed by atoms with E-state index < -0.39 is 0 Å². The number of methoxy groups -OCH3 is 1. The van der Waals surface area contributed by atoms with Crippen molar-refractivity contribution < 1.29 is 14.3 Å². The molecule has 0 aliphatic carbocycles. The maximum absolute atomic E-state index is 11.2. The van der Waals surface area contributed by atoms with E-state index in [1.807, 2.05) is 0 Å². The van der Waals surface area contributed by atoms with Crippen molar-refractivity contribution in [2.45, 2.75) is 51.7 Å². The summed E-state index contributed by atoms with van der Waals surface area (Å²) < 4.78 is 12.8. The normalized spacial score (nSPS) is 21.5. The first-order valence-corrected chi connectivity index (χ1v) is 8.18. The van der Waals surface area contributed by atoms with Crippen LogP contribution in [0, 0.1) is 0 Å². The second kappa shape index (κ2) is 5.77. The van der Waals surface area contributed by atoms with Gasteiger partial charge in [0.15, 0.2) is 4.96 Å². The Balaban J connectivity index is 1.86. The van der Waals surface area contributed by atoms with Gasteiger partial charge in [-0.25, -0.2) is 4.98 Å². The molecule has 3 rings (SSSR count). The Hall–Kier alpha value is -1.40. The van der Waals surface area contributed by atoms with Crippen molar-refractivity contribution in [3.63, 3.8) is 0 Å². The smallest absolute Gasteiger partial charge is 0.305 e. The van der Waals surface area contributed by atoms with Gasteiger partial charge in [0.25, 0.3) is 0 Å². The van der Waals surface area contributed by atoms with Crippen LogP contribution in [0.15, 0.2) is 5.38 Å². The van der Waals surface area contributed by atoms with Crippen LogP contribution in [0.2, 0.25) is 0 Å². The van der Waals surface area contributed by atoms with E-state index in [0.29, 0.717) is 6.42 Å². The summed E-state index contributed by atoms with van der Waals surface area (Å²) in [5.74, 6) is -0.153. The van der Waals surface area contributed by atoms with Gasteiger partial charge in [-0.1, -0.05) is 0 Å². The molecule has 0 saturated carbocycles. The van der Waals surface area contributed by atoms with Crippen LogP contribution in [0.5, 0.6) is 0 Å². The Labute approximate surface area is 127 Å². The van der Waals surface area contributed by atoms with Crippen molar-refractivity contribution in [2.75, 3.05) is 7.11 Å². The minimum atomic E-state index is -0.153. The molecular weight excluding hydrogens is 288 g/mol. The number of thiazole rings is 1. The number of nitrogens with zero attached hydrogens (tertiary/aromatic N) is 2. The van der Waals surface area contributed by atoms with Crippen LogP contribution in [0.3, 0.4) is 0 Å². The number of hydrogen-bond donors (Lipinski definition) is 0. The molecule has 114 valence electrons. The Morgan fingerprint density at radius 3 is 3.14 bits per heavy atom. The molecule has 1 aliphatic rings. The van der Waals surface area contributed by atoms with Gasteiger partial charge in [0, 0.05) is 23.9 Å². The number of carbonyl (C=O) groups is 1. The minimum Gasteiger partial charge on any atom is -0.469 e. The van der Waals surface area contributed by atoms with E-state index in [9.17, 15) is 4.79 Å². The van der Waals surface area contributed by atoms with Crippen LogP contribution in [0.1, 0.15) is 49.9 Å². The van der Waals surface area contributed by atoms with Crippen LogP contribution in [-0.2, 0) is 27.1 Å². The van der Waals surface area contributed by atoms with Gasteiger partial charge < -0.3 is 9.47 Å². The molecule has 0 amide bonds. The lowest BCUT2D eigenvalue weighted by Crippen LogP contribution is -2.23. The summed E-state index contributed by atoms with van der Waals surface area (Å²) in [6.07, 6.45) is 3.24. The number of imidazole rings is 1. The summed E-state index contributed by atoms with van der Waals surface area (Å²) in [6, 6.07) is 0. The third kappa shape index (κ3) is 2.70. The number of fused-ring (bicyclic) bond motifs is 3. The molecule has 0 N–H and O–H groups in total. The molecule has 2 aromatic heterocycles. The zero-order valence-corrected chi connectivity index (χ0v) is 13.4. The second-order valence-electron chi connectivity index (χ2n) is 5.51. The Bertz CT molecular complexity index is 661. The Kier molecular flexibility index (Phi) is 3.99. The second-order valence-corrected chi connectivity index (χ2v) is 6.35. The van der Waals surface area contributed by atoms with Crippen LogP contribution < -0.4 is 0 Å². The minimum absolute atomic E-state index is 0.0627. The maximum Gasteiger partial charge on any atom is 0.305 e. The highest BCUT2D eigenvalue weighted by Crippen LogP contribution is 2.33. The third-order valence-electron chi connectivity index (χ3n) is 3.89. The van der Waals surface area contributed by atoms with Gasteiger partial charge >= 0.3 is 5.97 Å². The van der Waals surface area contributed by atoms with Crippen molar-refractivity contribution in [1.29, 1.82) is 0 Å². The molecular formula is C15H20N2O3S. The number of rotatable bonds is 4. The maximum atomic E-state index is 11.2. The summed E-state index contributed by atoms with van der Waals surface area (Å²) in [5.41, 5.74) is 3.54. The molecule has 0 bridgehead atoms. The van der Waals surface area contributed by atoms with E-state index in [0.717, 1.165) is 29.9 Å². The van der Waals surface area contributed by atoms with Crippen LogP contribution >= 0.6 is 11.3 Å². The van der Waals surface area contributed by atoms with Gasteiger partial charge in [-0.2, -0.15) is 0 Å². The number of ether oxygens (including phenoxy) is 2. The molecule has 0 fully saturated rings. The zero-order valence-electron chi connectivity index (χ0n) is 12.6. The Morgan fingerprint density at radius 2 is 2.38 bits per heavy atom. The van der Waals surface area contributed by atoms with Gasteiger partial charge in [0.1, 0.15) is 0 Å². The van der Waals surface area contributed by atoms with E-state index >= 15 is 0 Å². The summed E-state index contributed by atoms with van der Waals surface area (Å²) in [4.78, 5) is 17.0. The molecule has 2 unspecified atom stereocenters. The third-order valence-corrected chi connectivity index (χ3v) is 4.76. The summed E-state index contributed by atoms with van der Waals surface area (Å²) >= 11 is 1.66. The highest BCUT2D eigenvalue weighted by Gasteiger charge is 2.28. The highest BCUT2D eigenvalue weighted by molar-refractivity contribution is 7.15. The van der Waals surface area contributed by atoms with E-state index in [2.05, 4.69) is 28.4 Å². The average Bonchev–Trinajstić information content (AvgIpc) is 2.97. The lowest BCUT2D eigenvalue weighted by atomic mass is 10.1. The topological polar surface area (TPSA) is 52.8 Å². The van der Waals surface area contributed by atoms with Crippen molar-refractivity contribution in [2.24, 2.45) is 0 Å². The molecule has 2 aromatic rings. The van der Waals surface area contributed by atoms with Gasteiger partial charge in [0.05, 0.1) is 30.7 Å². The number of carbonyl (C=O) groups excluding carboxylic acids is 1. The fourth-order valence-electron chi connectivity index (χ4n) is 2.97. The van der Waals surface area contributed by atoms with Crippen molar-refractivity contribution >= 4 is 22.3 Å². The van der Waals surface area contributed by atoms with E-state index in [-0.39, 0.29) is 18.2 Å². The number of aryl methyl sites for hydroxylation is 1. The monoisotopic (exact) mass is 308 g/mol. The van der Waals surface area contributed by atoms with E-state index in [1.54, 1.807) is 11.3 Å². The van der Waals surface area contributed by atoms with Gasteiger partial charge in [-0.05, 0) is 26.7 Å². The van der Waals surface area contributed by atoms with Crippen LogP contribution in [-0.4, -0.2) is 28.6 Å². The van der Waals surface area contributed by atoms with E-state index in [1.165, 1.54) is 18.5 Å².